The Labute approximate surface area is 187 Å². The lowest BCUT2D eigenvalue weighted by Gasteiger charge is -2.15. The van der Waals surface area contributed by atoms with Crippen LogP contribution >= 0.6 is 23.4 Å². The van der Waals surface area contributed by atoms with Crippen LogP contribution in [0.15, 0.2) is 23.2 Å². The van der Waals surface area contributed by atoms with Crippen molar-refractivity contribution in [2.45, 2.75) is 56.9 Å². The third-order valence-electron chi connectivity index (χ3n) is 5.21. The van der Waals surface area contributed by atoms with Gasteiger partial charge in [-0.05, 0) is 55.9 Å². The maximum absolute atomic E-state index is 12.4. The maximum atomic E-state index is 12.4. The van der Waals surface area contributed by atoms with Crippen LogP contribution in [0.5, 0.6) is 5.75 Å². The van der Waals surface area contributed by atoms with Gasteiger partial charge in [0.15, 0.2) is 0 Å². The fourth-order valence-electron chi connectivity index (χ4n) is 3.54. The molecule has 5 nitrogen and oxygen atoms in total. The standard InChI is InChI=1S/C23H26ClN3O2S/c1-15-11-20(21(29-2)13-18(15)24)26-22(28)9-10-30-23-17(14-25)12-16-7-5-3-4-6-8-19(16)27-23/h11-13H,3-10H2,1-2H3,(H,26,28). The van der Waals surface area contributed by atoms with Gasteiger partial charge in [0, 0.05) is 29.0 Å². The highest BCUT2D eigenvalue weighted by Crippen LogP contribution is 2.31. The van der Waals surface area contributed by atoms with Crippen molar-refractivity contribution in [2.75, 3.05) is 18.2 Å². The summed E-state index contributed by atoms with van der Waals surface area (Å²) in [5, 5.41) is 13.8. The SMILES string of the molecule is COc1cc(Cl)c(C)cc1NC(=O)CCSc1nc2c(cc1C#N)CCCCCC2. The Morgan fingerprint density at radius 1 is 1.27 bits per heavy atom. The quantitative estimate of drug-likeness (QED) is 0.579. The van der Waals surface area contributed by atoms with Gasteiger partial charge in [0.25, 0.3) is 0 Å². The van der Waals surface area contributed by atoms with Gasteiger partial charge in [0.1, 0.15) is 16.8 Å². The van der Waals surface area contributed by atoms with E-state index in [1.807, 2.05) is 13.0 Å². The lowest BCUT2D eigenvalue weighted by atomic mass is 9.96. The molecule has 0 radical (unpaired) electrons. The number of nitrogens with zero attached hydrogens (tertiary/aromatic N) is 2. The summed E-state index contributed by atoms with van der Waals surface area (Å²) < 4.78 is 5.31. The molecule has 158 valence electrons. The minimum atomic E-state index is -0.118. The van der Waals surface area contributed by atoms with Crippen LogP contribution in [0.4, 0.5) is 5.69 Å². The number of aryl methyl sites for hydroxylation is 3. The molecule has 1 N–H and O–H groups in total. The Kier molecular flexibility index (Phi) is 8.01. The van der Waals surface area contributed by atoms with E-state index < -0.39 is 0 Å². The molecule has 0 aliphatic heterocycles. The Morgan fingerprint density at radius 3 is 2.77 bits per heavy atom. The Balaban J connectivity index is 1.63. The molecule has 0 unspecified atom stereocenters. The first-order chi connectivity index (χ1) is 14.5. The molecule has 2 aromatic rings. The summed E-state index contributed by atoms with van der Waals surface area (Å²) >= 11 is 7.59. The third kappa shape index (κ3) is 5.68. The van der Waals surface area contributed by atoms with E-state index in [2.05, 4.69) is 11.4 Å². The first-order valence-electron chi connectivity index (χ1n) is 10.2. The number of carbonyl (C=O) groups excluding carboxylic acids is 1. The fraction of sp³-hybridized carbons (Fsp3) is 0.435. The fourth-order valence-corrected chi connectivity index (χ4v) is 4.61. The number of nitrogens with one attached hydrogen (secondary N) is 1. The summed E-state index contributed by atoms with van der Waals surface area (Å²) in [5.74, 6) is 0.954. The zero-order valence-electron chi connectivity index (χ0n) is 17.4. The van der Waals surface area contributed by atoms with Crippen molar-refractivity contribution in [2.24, 2.45) is 0 Å². The normalized spacial score (nSPS) is 13.5. The molecule has 30 heavy (non-hydrogen) atoms. The van der Waals surface area contributed by atoms with Gasteiger partial charge in [0.05, 0.1) is 18.4 Å². The van der Waals surface area contributed by atoms with Crippen molar-refractivity contribution in [3.8, 4) is 11.8 Å². The zero-order chi connectivity index (χ0) is 21.5. The number of fused-ring (bicyclic) bond motifs is 1. The number of hydrogen-bond donors (Lipinski definition) is 1. The number of thioether (sulfide) groups is 1. The smallest absolute Gasteiger partial charge is 0.225 e. The summed E-state index contributed by atoms with van der Waals surface area (Å²) in [6.07, 6.45) is 7.03. The molecule has 7 heteroatoms. The molecule has 0 spiro atoms. The number of ether oxygens (including phenoxy) is 1. The van der Waals surface area contributed by atoms with E-state index in [9.17, 15) is 10.1 Å². The minimum absolute atomic E-state index is 0.118. The monoisotopic (exact) mass is 443 g/mol. The van der Waals surface area contributed by atoms with Crippen LogP contribution in [0.1, 0.15) is 54.5 Å². The van der Waals surface area contributed by atoms with Gasteiger partial charge in [0.2, 0.25) is 5.91 Å². The molecule has 1 aromatic carbocycles. The first-order valence-corrected chi connectivity index (χ1v) is 11.6. The number of anilines is 1. The molecule has 0 saturated carbocycles. The number of halogens is 1. The highest BCUT2D eigenvalue weighted by molar-refractivity contribution is 7.99. The number of rotatable bonds is 6. The first kappa shape index (κ1) is 22.5. The second kappa shape index (κ2) is 10.7. The number of pyridine rings is 1. The van der Waals surface area contributed by atoms with Crippen molar-refractivity contribution in [1.29, 1.82) is 5.26 Å². The summed E-state index contributed by atoms with van der Waals surface area (Å²) in [6, 6.07) is 7.77. The van der Waals surface area contributed by atoms with Crippen LogP contribution in [-0.4, -0.2) is 23.8 Å². The van der Waals surface area contributed by atoms with E-state index in [-0.39, 0.29) is 5.91 Å². The average molecular weight is 444 g/mol. The summed E-state index contributed by atoms with van der Waals surface area (Å²) in [6.45, 7) is 1.88. The van der Waals surface area contributed by atoms with Gasteiger partial charge >= 0.3 is 0 Å². The number of carbonyl (C=O) groups is 1. The highest BCUT2D eigenvalue weighted by atomic mass is 35.5. The van der Waals surface area contributed by atoms with E-state index >= 15 is 0 Å². The van der Waals surface area contributed by atoms with E-state index in [4.69, 9.17) is 21.3 Å². The molecule has 1 aromatic heterocycles. The average Bonchev–Trinajstić information content (AvgIpc) is 2.71. The molecule has 0 atom stereocenters. The number of benzene rings is 1. The zero-order valence-corrected chi connectivity index (χ0v) is 19.0. The number of aromatic nitrogens is 1. The molecular formula is C23H26ClN3O2S. The van der Waals surface area contributed by atoms with Gasteiger partial charge in [-0.15, -0.1) is 11.8 Å². The number of nitriles is 1. The van der Waals surface area contributed by atoms with Crippen molar-refractivity contribution in [1.82, 2.24) is 4.98 Å². The molecule has 1 amide bonds. The van der Waals surface area contributed by atoms with Gasteiger partial charge in [-0.25, -0.2) is 4.98 Å². The molecule has 0 bridgehead atoms. The van der Waals surface area contributed by atoms with Crippen molar-refractivity contribution in [3.63, 3.8) is 0 Å². The second-order valence-electron chi connectivity index (χ2n) is 7.42. The molecule has 0 fully saturated rings. The third-order valence-corrected chi connectivity index (χ3v) is 6.61. The lowest BCUT2D eigenvalue weighted by Crippen LogP contribution is -2.13. The van der Waals surface area contributed by atoms with Crippen LogP contribution < -0.4 is 10.1 Å². The lowest BCUT2D eigenvalue weighted by molar-refractivity contribution is -0.115. The second-order valence-corrected chi connectivity index (χ2v) is 8.91. The van der Waals surface area contributed by atoms with E-state index in [1.165, 1.54) is 30.2 Å². The van der Waals surface area contributed by atoms with Gasteiger partial charge in [-0.1, -0.05) is 24.4 Å². The summed E-state index contributed by atoms with van der Waals surface area (Å²) in [7, 11) is 1.54. The topological polar surface area (TPSA) is 75.0 Å². The van der Waals surface area contributed by atoms with Crippen molar-refractivity contribution < 1.29 is 9.53 Å². The van der Waals surface area contributed by atoms with Gasteiger partial charge in [-0.3, -0.25) is 4.79 Å². The molecular weight excluding hydrogens is 418 g/mol. The van der Waals surface area contributed by atoms with E-state index in [0.29, 0.717) is 34.2 Å². The minimum Gasteiger partial charge on any atom is -0.495 e. The van der Waals surface area contributed by atoms with Crippen LogP contribution in [0.2, 0.25) is 5.02 Å². The number of methoxy groups -OCH3 is 1. The summed E-state index contributed by atoms with van der Waals surface area (Å²) in [5.41, 5.74) is 4.40. The number of amides is 1. The van der Waals surface area contributed by atoms with Crippen molar-refractivity contribution in [3.05, 3.63) is 45.6 Å². The van der Waals surface area contributed by atoms with E-state index in [0.717, 1.165) is 42.0 Å². The van der Waals surface area contributed by atoms with Crippen molar-refractivity contribution >= 4 is 35.0 Å². The molecule has 1 aliphatic carbocycles. The summed E-state index contributed by atoms with van der Waals surface area (Å²) in [4.78, 5) is 17.2. The van der Waals surface area contributed by atoms with E-state index in [1.54, 1.807) is 19.2 Å². The Hall–Kier alpha value is -2.23. The van der Waals surface area contributed by atoms with Crippen LogP contribution in [0, 0.1) is 18.3 Å². The number of hydrogen-bond acceptors (Lipinski definition) is 5. The molecule has 3 rings (SSSR count). The largest absolute Gasteiger partial charge is 0.495 e. The van der Waals surface area contributed by atoms with Gasteiger partial charge in [-0.2, -0.15) is 5.26 Å². The van der Waals surface area contributed by atoms with Crippen LogP contribution in [0.25, 0.3) is 0 Å². The molecule has 0 saturated heterocycles. The Bertz CT molecular complexity index is 972. The predicted molar refractivity (Wildman–Crippen MR) is 122 cm³/mol. The molecule has 1 aliphatic rings. The van der Waals surface area contributed by atoms with Crippen LogP contribution in [-0.2, 0) is 17.6 Å². The Morgan fingerprint density at radius 2 is 2.03 bits per heavy atom. The highest BCUT2D eigenvalue weighted by Gasteiger charge is 2.15. The molecule has 1 heterocycles. The van der Waals surface area contributed by atoms with Crippen LogP contribution in [0.3, 0.4) is 0 Å². The van der Waals surface area contributed by atoms with Gasteiger partial charge < -0.3 is 10.1 Å². The predicted octanol–water partition coefficient (Wildman–Crippen LogP) is 5.70. The maximum Gasteiger partial charge on any atom is 0.225 e.